The molecule has 1 atom stereocenters. The predicted octanol–water partition coefficient (Wildman–Crippen LogP) is 1.69. The molecular formula is C14H24ClN5O. The Balaban J connectivity index is 0.00000161. The monoisotopic (exact) mass is 313 g/mol. The lowest BCUT2D eigenvalue weighted by Crippen LogP contribution is -2.27. The van der Waals surface area contributed by atoms with Crippen LogP contribution in [-0.4, -0.2) is 33.8 Å². The Morgan fingerprint density at radius 2 is 2.00 bits per heavy atom. The quantitative estimate of drug-likeness (QED) is 0.891. The fraction of sp³-hybridized carbons (Fsp3) is 0.786. The number of nitrogens with zero attached hydrogens (tertiary/aromatic N) is 3. The second kappa shape index (κ2) is 5.93. The van der Waals surface area contributed by atoms with Crippen molar-refractivity contribution in [2.45, 2.75) is 39.0 Å². The van der Waals surface area contributed by atoms with Gasteiger partial charge in [0.1, 0.15) is 0 Å². The van der Waals surface area contributed by atoms with E-state index in [9.17, 15) is 4.79 Å². The van der Waals surface area contributed by atoms with Gasteiger partial charge in [-0.3, -0.25) is 10.1 Å². The second-order valence-electron chi connectivity index (χ2n) is 6.68. The molecule has 2 fully saturated rings. The van der Waals surface area contributed by atoms with E-state index in [1.165, 1.54) is 0 Å². The molecule has 6 nitrogen and oxygen atoms in total. The Morgan fingerprint density at radius 3 is 2.57 bits per heavy atom. The number of nitrogens with one attached hydrogen (secondary N) is 2. The number of piperidine rings is 1. The number of carbonyl (C=O) groups excluding carboxylic acids is 1. The lowest BCUT2D eigenvalue weighted by molar-refractivity contribution is -0.118. The molecule has 7 heteroatoms. The van der Waals surface area contributed by atoms with Gasteiger partial charge in [0.05, 0.1) is 0 Å². The fourth-order valence-corrected chi connectivity index (χ4v) is 2.88. The zero-order valence-corrected chi connectivity index (χ0v) is 13.7. The van der Waals surface area contributed by atoms with Crippen molar-refractivity contribution in [3.05, 3.63) is 5.82 Å². The first-order valence-electron chi connectivity index (χ1n) is 7.40. The summed E-state index contributed by atoms with van der Waals surface area (Å²) < 4.78 is 1.69. The van der Waals surface area contributed by atoms with Gasteiger partial charge in [0.2, 0.25) is 11.9 Å². The molecule has 1 saturated carbocycles. The highest BCUT2D eigenvalue weighted by molar-refractivity contribution is 5.93. The molecule has 3 rings (SSSR count). The SMILES string of the molecule is Cl.Cn1nc(C2CCNCC2)nc1NC(=O)[C@H]1CC1(C)C. The minimum Gasteiger partial charge on any atom is -0.317 e. The van der Waals surface area contributed by atoms with E-state index >= 15 is 0 Å². The topological polar surface area (TPSA) is 71.8 Å². The average molecular weight is 314 g/mol. The molecule has 1 aliphatic carbocycles. The van der Waals surface area contributed by atoms with Crippen molar-refractivity contribution in [3.8, 4) is 0 Å². The molecule has 0 spiro atoms. The van der Waals surface area contributed by atoms with Crippen LogP contribution in [0.5, 0.6) is 0 Å². The summed E-state index contributed by atoms with van der Waals surface area (Å²) in [5, 5.41) is 10.7. The Morgan fingerprint density at radius 1 is 1.38 bits per heavy atom. The average Bonchev–Trinajstić information content (AvgIpc) is 2.91. The van der Waals surface area contributed by atoms with Crippen LogP contribution in [0.3, 0.4) is 0 Å². The van der Waals surface area contributed by atoms with Crippen molar-refractivity contribution < 1.29 is 4.79 Å². The number of rotatable bonds is 3. The Kier molecular flexibility index (Phi) is 4.58. The number of carbonyl (C=O) groups is 1. The summed E-state index contributed by atoms with van der Waals surface area (Å²) in [4.78, 5) is 16.6. The first-order valence-corrected chi connectivity index (χ1v) is 7.40. The first kappa shape index (κ1) is 16.2. The van der Waals surface area contributed by atoms with E-state index in [0.29, 0.717) is 11.9 Å². The number of aryl methyl sites for hydroxylation is 1. The molecule has 0 radical (unpaired) electrons. The minimum absolute atomic E-state index is 0. The predicted molar refractivity (Wildman–Crippen MR) is 83.6 cm³/mol. The van der Waals surface area contributed by atoms with Gasteiger partial charge in [-0.25, -0.2) is 4.68 Å². The highest BCUT2D eigenvalue weighted by Crippen LogP contribution is 2.51. The number of halogens is 1. The van der Waals surface area contributed by atoms with Gasteiger partial charge in [0, 0.05) is 18.9 Å². The molecule has 0 unspecified atom stereocenters. The second-order valence-corrected chi connectivity index (χ2v) is 6.68. The van der Waals surface area contributed by atoms with Crippen LogP contribution in [-0.2, 0) is 11.8 Å². The Bertz CT molecular complexity index is 521. The van der Waals surface area contributed by atoms with Crippen molar-refractivity contribution in [1.82, 2.24) is 20.1 Å². The molecule has 118 valence electrons. The van der Waals surface area contributed by atoms with Crippen LogP contribution in [0, 0.1) is 11.3 Å². The molecule has 0 bridgehead atoms. The van der Waals surface area contributed by atoms with Crippen LogP contribution in [0.25, 0.3) is 0 Å². The summed E-state index contributed by atoms with van der Waals surface area (Å²) in [7, 11) is 1.84. The largest absolute Gasteiger partial charge is 0.317 e. The number of hydrogen-bond acceptors (Lipinski definition) is 4. The highest BCUT2D eigenvalue weighted by atomic mass is 35.5. The third-order valence-electron chi connectivity index (χ3n) is 4.55. The molecule has 21 heavy (non-hydrogen) atoms. The maximum Gasteiger partial charge on any atom is 0.230 e. The van der Waals surface area contributed by atoms with Gasteiger partial charge in [0.25, 0.3) is 0 Å². The van der Waals surface area contributed by atoms with Crippen molar-refractivity contribution in [2.24, 2.45) is 18.4 Å². The number of hydrogen-bond donors (Lipinski definition) is 2. The van der Waals surface area contributed by atoms with E-state index in [4.69, 9.17) is 0 Å². The summed E-state index contributed by atoms with van der Waals surface area (Å²) in [6.45, 7) is 6.27. The molecule has 1 saturated heterocycles. The standard InChI is InChI=1S/C14H23N5O.ClH/c1-14(2)8-10(14)12(20)17-13-16-11(18-19(13)3)9-4-6-15-7-5-9;/h9-10,15H,4-8H2,1-3H3,(H,16,17,18,20);1H/t10-;/m1./s1. The van der Waals surface area contributed by atoms with Gasteiger partial charge in [-0.15, -0.1) is 12.4 Å². The summed E-state index contributed by atoms with van der Waals surface area (Å²) in [6, 6.07) is 0. The number of amides is 1. The van der Waals surface area contributed by atoms with Gasteiger partial charge >= 0.3 is 0 Å². The molecule has 1 aromatic heterocycles. The minimum atomic E-state index is 0. The van der Waals surface area contributed by atoms with Crippen molar-refractivity contribution >= 4 is 24.3 Å². The van der Waals surface area contributed by atoms with Crippen molar-refractivity contribution in [1.29, 1.82) is 0 Å². The van der Waals surface area contributed by atoms with Crippen molar-refractivity contribution in [2.75, 3.05) is 18.4 Å². The van der Waals surface area contributed by atoms with E-state index < -0.39 is 0 Å². The van der Waals surface area contributed by atoms with Crippen LogP contribution in [0.4, 0.5) is 5.95 Å². The Labute approximate surface area is 131 Å². The third kappa shape index (κ3) is 3.37. The van der Waals surface area contributed by atoms with E-state index in [-0.39, 0.29) is 29.6 Å². The van der Waals surface area contributed by atoms with Crippen LogP contribution >= 0.6 is 12.4 Å². The fourth-order valence-electron chi connectivity index (χ4n) is 2.88. The molecule has 1 aromatic rings. The molecular weight excluding hydrogens is 290 g/mol. The summed E-state index contributed by atoms with van der Waals surface area (Å²) >= 11 is 0. The van der Waals surface area contributed by atoms with Crippen molar-refractivity contribution in [3.63, 3.8) is 0 Å². The molecule has 2 aliphatic rings. The zero-order chi connectivity index (χ0) is 14.3. The number of anilines is 1. The lowest BCUT2D eigenvalue weighted by atomic mass is 9.98. The van der Waals surface area contributed by atoms with E-state index in [1.807, 2.05) is 7.05 Å². The summed E-state index contributed by atoms with van der Waals surface area (Å²) in [6.07, 6.45) is 3.08. The summed E-state index contributed by atoms with van der Waals surface area (Å²) in [5.74, 6) is 2.03. The molecule has 0 aromatic carbocycles. The maximum atomic E-state index is 12.1. The van der Waals surface area contributed by atoms with Crippen LogP contribution in [0.1, 0.15) is 44.9 Å². The Hall–Kier alpha value is -1.14. The smallest absolute Gasteiger partial charge is 0.230 e. The highest BCUT2D eigenvalue weighted by Gasteiger charge is 2.50. The van der Waals surface area contributed by atoms with E-state index in [0.717, 1.165) is 38.2 Å². The number of aromatic nitrogens is 3. The zero-order valence-electron chi connectivity index (χ0n) is 12.8. The van der Waals surface area contributed by atoms with Crippen LogP contribution < -0.4 is 10.6 Å². The molecule has 1 aliphatic heterocycles. The van der Waals surface area contributed by atoms with E-state index in [2.05, 4.69) is 34.6 Å². The van der Waals surface area contributed by atoms with Crippen LogP contribution in [0.15, 0.2) is 0 Å². The maximum absolute atomic E-state index is 12.1. The third-order valence-corrected chi connectivity index (χ3v) is 4.55. The lowest BCUT2D eigenvalue weighted by Gasteiger charge is -2.19. The first-order chi connectivity index (χ1) is 9.47. The molecule has 1 amide bonds. The van der Waals surface area contributed by atoms with Gasteiger partial charge in [-0.2, -0.15) is 10.1 Å². The normalized spacial score (nSPS) is 24.2. The van der Waals surface area contributed by atoms with Gasteiger partial charge in [-0.1, -0.05) is 13.8 Å². The van der Waals surface area contributed by atoms with E-state index in [1.54, 1.807) is 4.68 Å². The van der Waals surface area contributed by atoms with Crippen LogP contribution in [0.2, 0.25) is 0 Å². The summed E-state index contributed by atoms with van der Waals surface area (Å²) in [5.41, 5.74) is 0.139. The van der Waals surface area contributed by atoms with Gasteiger partial charge < -0.3 is 5.32 Å². The van der Waals surface area contributed by atoms with Gasteiger partial charge in [-0.05, 0) is 37.8 Å². The molecule has 2 heterocycles. The van der Waals surface area contributed by atoms with Gasteiger partial charge in [0.15, 0.2) is 5.82 Å². The molecule has 2 N–H and O–H groups in total.